The molecular formula is C13H13ClN2O2S. The van der Waals surface area contributed by atoms with Gasteiger partial charge in [-0.15, -0.1) is 0 Å². The molecule has 0 saturated carbocycles. The van der Waals surface area contributed by atoms with Crippen molar-refractivity contribution in [2.24, 2.45) is 0 Å². The minimum absolute atomic E-state index is 0.267. The van der Waals surface area contributed by atoms with E-state index in [4.69, 9.17) is 11.6 Å². The van der Waals surface area contributed by atoms with Gasteiger partial charge in [0.15, 0.2) is 0 Å². The summed E-state index contributed by atoms with van der Waals surface area (Å²) in [6.07, 6.45) is 4.46. The number of halogens is 1. The standard InChI is InChI=1S/C13H13ClN2O2S/c1-19(17,18)16(10-11-6-8-15-9-7-11)13-4-2-12(14)3-5-13/h2-9H,10H2,1H3. The Morgan fingerprint density at radius 3 is 2.21 bits per heavy atom. The van der Waals surface area contributed by atoms with Gasteiger partial charge in [0.25, 0.3) is 0 Å². The molecule has 0 aliphatic rings. The third-order valence-electron chi connectivity index (χ3n) is 2.59. The van der Waals surface area contributed by atoms with Crippen molar-refractivity contribution < 1.29 is 8.42 Å². The van der Waals surface area contributed by atoms with Crippen LogP contribution >= 0.6 is 11.6 Å². The predicted molar refractivity (Wildman–Crippen MR) is 76.7 cm³/mol. The molecule has 2 aromatic rings. The van der Waals surface area contributed by atoms with Gasteiger partial charge in [-0.05, 0) is 42.0 Å². The number of nitrogens with zero attached hydrogens (tertiary/aromatic N) is 2. The van der Waals surface area contributed by atoms with E-state index in [2.05, 4.69) is 4.98 Å². The lowest BCUT2D eigenvalue weighted by Crippen LogP contribution is -2.29. The van der Waals surface area contributed by atoms with E-state index in [1.165, 1.54) is 10.6 Å². The van der Waals surface area contributed by atoms with Crippen molar-refractivity contribution in [2.75, 3.05) is 10.6 Å². The molecule has 0 saturated heterocycles. The third-order valence-corrected chi connectivity index (χ3v) is 3.98. The highest BCUT2D eigenvalue weighted by atomic mass is 35.5. The zero-order valence-corrected chi connectivity index (χ0v) is 11.9. The van der Waals surface area contributed by atoms with Crippen LogP contribution in [-0.2, 0) is 16.6 Å². The van der Waals surface area contributed by atoms with Gasteiger partial charge in [0.2, 0.25) is 10.0 Å². The van der Waals surface area contributed by atoms with Gasteiger partial charge in [-0.2, -0.15) is 0 Å². The largest absolute Gasteiger partial charge is 0.266 e. The minimum Gasteiger partial charge on any atom is -0.266 e. The van der Waals surface area contributed by atoms with Crippen molar-refractivity contribution in [3.8, 4) is 0 Å². The highest BCUT2D eigenvalue weighted by molar-refractivity contribution is 7.92. The highest BCUT2D eigenvalue weighted by Gasteiger charge is 2.17. The van der Waals surface area contributed by atoms with E-state index in [0.29, 0.717) is 10.7 Å². The molecule has 0 unspecified atom stereocenters. The summed E-state index contributed by atoms with van der Waals surface area (Å²) in [4.78, 5) is 3.91. The lowest BCUT2D eigenvalue weighted by Gasteiger charge is -2.22. The third kappa shape index (κ3) is 3.68. The van der Waals surface area contributed by atoms with E-state index in [0.717, 1.165) is 5.56 Å². The molecule has 1 aromatic heterocycles. The molecule has 1 heterocycles. The van der Waals surface area contributed by atoms with Gasteiger partial charge in [-0.1, -0.05) is 11.6 Å². The predicted octanol–water partition coefficient (Wildman–Crippen LogP) is 2.70. The van der Waals surface area contributed by atoms with Gasteiger partial charge in [-0.25, -0.2) is 8.42 Å². The molecule has 1 aromatic carbocycles. The van der Waals surface area contributed by atoms with Crippen molar-refractivity contribution in [1.29, 1.82) is 0 Å². The first-order valence-electron chi connectivity index (χ1n) is 5.59. The SMILES string of the molecule is CS(=O)(=O)N(Cc1ccncc1)c1ccc(Cl)cc1. The topological polar surface area (TPSA) is 50.3 Å². The molecule has 100 valence electrons. The lowest BCUT2D eigenvalue weighted by molar-refractivity contribution is 0.596. The number of hydrogen-bond donors (Lipinski definition) is 0. The smallest absolute Gasteiger partial charge is 0.232 e. The number of anilines is 1. The average Bonchev–Trinajstić information content (AvgIpc) is 2.37. The van der Waals surface area contributed by atoms with E-state index < -0.39 is 10.0 Å². The fourth-order valence-electron chi connectivity index (χ4n) is 1.66. The van der Waals surface area contributed by atoms with Crippen LogP contribution in [0, 0.1) is 0 Å². The molecule has 0 bridgehead atoms. The highest BCUT2D eigenvalue weighted by Crippen LogP contribution is 2.22. The second-order valence-corrected chi connectivity index (χ2v) is 6.44. The summed E-state index contributed by atoms with van der Waals surface area (Å²) in [6, 6.07) is 10.3. The molecule has 0 amide bonds. The first-order chi connectivity index (χ1) is 8.97. The van der Waals surface area contributed by atoms with E-state index in [1.54, 1.807) is 48.8 Å². The molecule has 19 heavy (non-hydrogen) atoms. The monoisotopic (exact) mass is 296 g/mol. The van der Waals surface area contributed by atoms with Crippen molar-refractivity contribution in [1.82, 2.24) is 4.98 Å². The number of sulfonamides is 1. The van der Waals surface area contributed by atoms with Crippen molar-refractivity contribution in [3.05, 3.63) is 59.4 Å². The van der Waals surface area contributed by atoms with Crippen LogP contribution in [0.25, 0.3) is 0 Å². The van der Waals surface area contributed by atoms with Crippen LogP contribution in [0.2, 0.25) is 5.02 Å². The zero-order valence-electron chi connectivity index (χ0n) is 10.3. The zero-order chi connectivity index (χ0) is 13.9. The summed E-state index contributed by atoms with van der Waals surface area (Å²) in [7, 11) is -3.36. The van der Waals surface area contributed by atoms with Gasteiger partial charge in [0.1, 0.15) is 0 Å². The summed E-state index contributed by atoms with van der Waals surface area (Å²) in [5.74, 6) is 0. The first-order valence-corrected chi connectivity index (χ1v) is 7.81. The minimum atomic E-state index is -3.36. The summed E-state index contributed by atoms with van der Waals surface area (Å²) in [6.45, 7) is 0.267. The Hall–Kier alpha value is -1.59. The molecule has 0 fully saturated rings. The fourth-order valence-corrected chi connectivity index (χ4v) is 2.68. The van der Waals surface area contributed by atoms with E-state index in [1.807, 2.05) is 0 Å². The summed E-state index contributed by atoms with van der Waals surface area (Å²) < 4.78 is 25.1. The Morgan fingerprint density at radius 2 is 1.68 bits per heavy atom. The van der Waals surface area contributed by atoms with Crippen molar-refractivity contribution in [3.63, 3.8) is 0 Å². The number of pyridine rings is 1. The maximum atomic E-state index is 11.9. The van der Waals surface area contributed by atoms with Gasteiger partial charge in [0.05, 0.1) is 18.5 Å². The Balaban J connectivity index is 2.35. The second-order valence-electron chi connectivity index (χ2n) is 4.10. The van der Waals surface area contributed by atoms with Gasteiger partial charge >= 0.3 is 0 Å². The number of aromatic nitrogens is 1. The lowest BCUT2D eigenvalue weighted by atomic mass is 10.2. The van der Waals surface area contributed by atoms with Crippen molar-refractivity contribution >= 4 is 27.3 Å². The van der Waals surface area contributed by atoms with Gasteiger partial charge in [-0.3, -0.25) is 9.29 Å². The molecule has 6 heteroatoms. The van der Waals surface area contributed by atoms with E-state index >= 15 is 0 Å². The summed E-state index contributed by atoms with van der Waals surface area (Å²) in [5, 5.41) is 0.570. The molecule has 0 spiro atoms. The Labute approximate surface area is 117 Å². The number of benzene rings is 1. The molecule has 0 N–H and O–H groups in total. The van der Waals surface area contributed by atoms with Crippen LogP contribution in [0.1, 0.15) is 5.56 Å². The van der Waals surface area contributed by atoms with Crippen LogP contribution < -0.4 is 4.31 Å². The fraction of sp³-hybridized carbons (Fsp3) is 0.154. The Bertz CT molecular complexity index is 642. The van der Waals surface area contributed by atoms with Crippen LogP contribution in [0.3, 0.4) is 0 Å². The summed E-state index contributed by atoms with van der Waals surface area (Å²) >= 11 is 5.81. The van der Waals surface area contributed by atoms with Gasteiger partial charge < -0.3 is 0 Å². The Kier molecular flexibility index (Phi) is 4.07. The molecular weight excluding hydrogens is 284 g/mol. The summed E-state index contributed by atoms with van der Waals surface area (Å²) in [5.41, 5.74) is 1.46. The number of hydrogen-bond acceptors (Lipinski definition) is 3. The van der Waals surface area contributed by atoms with E-state index in [9.17, 15) is 8.42 Å². The molecule has 2 rings (SSSR count). The maximum absolute atomic E-state index is 11.9. The van der Waals surface area contributed by atoms with Crippen LogP contribution in [0.5, 0.6) is 0 Å². The van der Waals surface area contributed by atoms with E-state index in [-0.39, 0.29) is 6.54 Å². The Morgan fingerprint density at radius 1 is 1.11 bits per heavy atom. The van der Waals surface area contributed by atoms with Crippen LogP contribution in [0.15, 0.2) is 48.8 Å². The first kappa shape index (κ1) is 13.8. The molecule has 0 aliphatic carbocycles. The molecule has 0 radical (unpaired) electrons. The quantitative estimate of drug-likeness (QED) is 0.871. The molecule has 4 nitrogen and oxygen atoms in total. The van der Waals surface area contributed by atoms with Crippen molar-refractivity contribution in [2.45, 2.75) is 6.54 Å². The average molecular weight is 297 g/mol. The number of rotatable bonds is 4. The van der Waals surface area contributed by atoms with Crippen LogP contribution in [0.4, 0.5) is 5.69 Å². The molecule has 0 aliphatic heterocycles. The normalized spacial score (nSPS) is 11.3. The van der Waals surface area contributed by atoms with Gasteiger partial charge in [0, 0.05) is 17.4 Å². The maximum Gasteiger partial charge on any atom is 0.232 e. The second kappa shape index (κ2) is 5.59. The van der Waals surface area contributed by atoms with Crippen LogP contribution in [-0.4, -0.2) is 19.7 Å². The molecule has 0 atom stereocenters.